The smallest absolute Gasteiger partial charge is 0.258 e. The van der Waals surface area contributed by atoms with Crippen LogP contribution in [-0.2, 0) is 6.54 Å². The number of H-pyrrole nitrogens is 1. The highest BCUT2D eigenvalue weighted by molar-refractivity contribution is 7.80. The molecule has 0 spiro atoms. The molecule has 0 amide bonds. The molecule has 1 aromatic heterocycles. The molecule has 1 heterocycles. The fourth-order valence-electron chi connectivity index (χ4n) is 2.62. The van der Waals surface area contributed by atoms with Gasteiger partial charge in [0.1, 0.15) is 11.6 Å². The molecule has 2 aromatic carbocycles. The van der Waals surface area contributed by atoms with Gasteiger partial charge in [-0.15, -0.1) is 0 Å². The van der Waals surface area contributed by atoms with Crippen molar-refractivity contribution in [2.75, 3.05) is 19.0 Å². The van der Waals surface area contributed by atoms with Crippen molar-refractivity contribution >= 4 is 33.9 Å². The molecule has 26 heavy (non-hydrogen) atoms. The number of benzene rings is 2. The number of hydrogen-bond donors (Lipinski definition) is 2. The molecule has 0 saturated carbocycles. The van der Waals surface area contributed by atoms with Gasteiger partial charge < -0.3 is 19.9 Å². The number of thiocarbonyl (C=S) groups is 1. The zero-order valence-electron chi connectivity index (χ0n) is 14.7. The van der Waals surface area contributed by atoms with Crippen LogP contribution in [0.2, 0.25) is 0 Å². The first-order valence-corrected chi connectivity index (χ1v) is 8.69. The van der Waals surface area contributed by atoms with Crippen LogP contribution in [0.3, 0.4) is 0 Å². The molecule has 0 bridgehead atoms. The van der Waals surface area contributed by atoms with Crippen LogP contribution in [0, 0.1) is 0 Å². The normalized spacial score (nSPS) is 10.5. The Balaban J connectivity index is 1.78. The lowest BCUT2D eigenvalue weighted by atomic mass is 10.2. The Kier molecular flexibility index (Phi) is 5.48. The Morgan fingerprint density at radius 3 is 2.85 bits per heavy atom. The third-order valence-corrected chi connectivity index (χ3v) is 4.35. The van der Waals surface area contributed by atoms with E-state index in [0.717, 1.165) is 11.4 Å². The van der Waals surface area contributed by atoms with E-state index in [0.29, 0.717) is 34.9 Å². The molecular weight excluding hydrogens is 348 g/mol. The zero-order chi connectivity index (χ0) is 18.5. The van der Waals surface area contributed by atoms with Gasteiger partial charge >= 0.3 is 0 Å². The average Bonchev–Trinajstić information content (AvgIpc) is 2.66. The summed E-state index contributed by atoms with van der Waals surface area (Å²) in [6.45, 7) is 3.08. The van der Waals surface area contributed by atoms with E-state index in [-0.39, 0.29) is 5.56 Å². The Morgan fingerprint density at radius 2 is 2.08 bits per heavy atom. The number of aromatic amines is 1. The molecular formula is C19H20N4O2S. The first-order valence-electron chi connectivity index (χ1n) is 8.28. The summed E-state index contributed by atoms with van der Waals surface area (Å²) in [5.74, 6) is 1.33. The minimum absolute atomic E-state index is 0.145. The van der Waals surface area contributed by atoms with E-state index in [1.165, 1.54) is 0 Å². The highest BCUT2D eigenvalue weighted by Crippen LogP contribution is 2.17. The third kappa shape index (κ3) is 4.00. The average molecular weight is 368 g/mol. The van der Waals surface area contributed by atoms with E-state index >= 15 is 0 Å². The maximum absolute atomic E-state index is 12.2. The number of methoxy groups -OCH3 is 1. The van der Waals surface area contributed by atoms with Crippen LogP contribution in [0.5, 0.6) is 5.75 Å². The SMILES string of the molecule is CCN(Cc1nc2ccccc2c(=O)[nH]1)C(=S)Nc1cccc(OC)c1. The molecule has 6 nitrogen and oxygen atoms in total. The van der Waals surface area contributed by atoms with Gasteiger partial charge in [-0.3, -0.25) is 4.79 Å². The fraction of sp³-hybridized carbons (Fsp3) is 0.211. The number of rotatable bonds is 5. The molecule has 134 valence electrons. The fourth-order valence-corrected chi connectivity index (χ4v) is 2.93. The lowest BCUT2D eigenvalue weighted by Gasteiger charge is -2.24. The van der Waals surface area contributed by atoms with E-state index < -0.39 is 0 Å². The number of para-hydroxylation sites is 1. The van der Waals surface area contributed by atoms with Crippen LogP contribution in [0.25, 0.3) is 10.9 Å². The van der Waals surface area contributed by atoms with Crippen LogP contribution in [0.1, 0.15) is 12.7 Å². The second kappa shape index (κ2) is 7.97. The maximum atomic E-state index is 12.2. The summed E-state index contributed by atoms with van der Waals surface area (Å²) >= 11 is 5.52. The molecule has 3 rings (SSSR count). The summed E-state index contributed by atoms with van der Waals surface area (Å²) in [7, 11) is 1.62. The van der Waals surface area contributed by atoms with Crippen molar-refractivity contribution in [2.24, 2.45) is 0 Å². The van der Waals surface area contributed by atoms with Crippen LogP contribution in [0.15, 0.2) is 53.3 Å². The van der Waals surface area contributed by atoms with Gasteiger partial charge in [0.2, 0.25) is 0 Å². The van der Waals surface area contributed by atoms with E-state index in [9.17, 15) is 4.79 Å². The van der Waals surface area contributed by atoms with Crippen molar-refractivity contribution in [1.29, 1.82) is 0 Å². The van der Waals surface area contributed by atoms with Gasteiger partial charge in [0.25, 0.3) is 5.56 Å². The van der Waals surface area contributed by atoms with Crippen LogP contribution >= 0.6 is 12.2 Å². The van der Waals surface area contributed by atoms with Crippen LogP contribution in [-0.4, -0.2) is 33.6 Å². The molecule has 0 saturated heterocycles. The Bertz CT molecular complexity index is 986. The third-order valence-electron chi connectivity index (χ3n) is 3.99. The Hall–Kier alpha value is -2.93. The lowest BCUT2D eigenvalue weighted by Crippen LogP contribution is -2.35. The number of nitrogens with zero attached hydrogens (tertiary/aromatic N) is 2. The summed E-state index contributed by atoms with van der Waals surface area (Å²) in [5.41, 5.74) is 1.37. The number of ether oxygens (including phenoxy) is 1. The van der Waals surface area contributed by atoms with Crippen molar-refractivity contribution in [2.45, 2.75) is 13.5 Å². The Labute approximate surface area is 156 Å². The van der Waals surface area contributed by atoms with E-state index in [4.69, 9.17) is 17.0 Å². The minimum Gasteiger partial charge on any atom is -0.497 e. The quantitative estimate of drug-likeness (QED) is 0.674. The molecule has 0 fully saturated rings. The van der Waals surface area contributed by atoms with Crippen LogP contribution < -0.4 is 15.6 Å². The van der Waals surface area contributed by atoms with Gasteiger partial charge in [0.05, 0.1) is 24.6 Å². The number of fused-ring (bicyclic) bond motifs is 1. The van der Waals surface area contributed by atoms with E-state index in [2.05, 4.69) is 15.3 Å². The number of aromatic nitrogens is 2. The topological polar surface area (TPSA) is 70.2 Å². The van der Waals surface area contributed by atoms with Crippen molar-refractivity contribution < 1.29 is 4.74 Å². The second-order valence-electron chi connectivity index (χ2n) is 5.71. The number of nitrogens with one attached hydrogen (secondary N) is 2. The molecule has 2 N–H and O–H groups in total. The predicted molar refractivity (Wildman–Crippen MR) is 108 cm³/mol. The van der Waals surface area contributed by atoms with Gasteiger partial charge in [-0.25, -0.2) is 4.98 Å². The predicted octanol–water partition coefficient (Wildman–Crippen LogP) is 3.15. The molecule has 0 aliphatic heterocycles. The van der Waals surface area contributed by atoms with E-state index in [1.807, 2.05) is 54.3 Å². The summed E-state index contributed by atoms with van der Waals surface area (Å²) in [6.07, 6.45) is 0. The van der Waals surface area contributed by atoms with Gasteiger partial charge in [0.15, 0.2) is 5.11 Å². The summed E-state index contributed by atoms with van der Waals surface area (Å²) in [6, 6.07) is 14.8. The highest BCUT2D eigenvalue weighted by Gasteiger charge is 2.12. The molecule has 3 aromatic rings. The van der Waals surface area contributed by atoms with Crippen molar-refractivity contribution in [3.63, 3.8) is 0 Å². The number of hydrogen-bond acceptors (Lipinski definition) is 4. The summed E-state index contributed by atoms with van der Waals surface area (Å²) in [4.78, 5) is 21.5. The van der Waals surface area contributed by atoms with Gasteiger partial charge in [-0.2, -0.15) is 0 Å². The largest absolute Gasteiger partial charge is 0.497 e. The standard InChI is InChI=1S/C19H20N4O2S/c1-3-23(19(26)20-13-7-6-8-14(11-13)25-2)12-17-21-16-10-5-4-9-15(16)18(24)22-17/h4-11H,3,12H2,1-2H3,(H,20,26)(H,21,22,24). The first-order chi connectivity index (χ1) is 12.6. The van der Waals surface area contributed by atoms with Crippen molar-refractivity contribution in [1.82, 2.24) is 14.9 Å². The van der Waals surface area contributed by atoms with Crippen LogP contribution in [0.4, 0.5) is 5.69 Å². The lowest BCUT2D eigenvalue weighted by molar-refractivity contribution is 0.415. The highest BCUT2D eigenvalue weighted by atomic mass is 32.1. The summed E-state index contributed by atoms with van der Waals surface area (Å²) in [5, 5.41) is 4.33. The molecule has 0 atom stereocenters. The van der Waals surface area contributed by atoms with Gasteiger partial charge in [-0.1, -0.05) is 18.2 Å². The number of anilines is 1. The molecule has 0 unspecified atom stereocenters. The molecule has 0 aliphatic carbocycles. The van der Waals surface area contributed by atoms with Crippen molar-refractivity contribution in [3.8, 4) is 5.75 Å². The van der Waals surface area contributed by atoms with E-state index in [1.54, 1.807) is 13.2 Å². The maximum Gasteiger partial charge on any atom is 0.258 e. The monoisotopic (exact) mass is 368 g/mol. The second-order valence-corrected chi connectivity index (χ2v) is 6.09. The Morgan fingerprint density at radius 1 is 1.27 bits per heavy atom. The molecule has 7 heteroatoms. The summed E-state index contributed by atoms with van der Waals surface area (Å²) < 4.78 is 5.23. The zero-order valence-corrected chi connectivity index (χ0v) is 15.5. The van der Waals surface area contributed by atoms with Gasteiger partial charge in [0, 0.05) is 18.3 Å². The van der Waals surface area contributed by atoms with Gasteiger partial charge in [-0.05, 0) is 43.4 Å². The van der Waals surface area contributed by atoms with Crippen molar-refractivity contribution in [3.05, 3.63) is 64.7 Å². The first kappa shape index (κ1) is 17.9. The molecule has 0 radical (unpaired) electrons. The molecule has 0 aliphatic rings. The minimum atomic E-state index is -0.145.